The van der Waals surface area contributed by atoms with Gasteiger partial charge in [0.1, 0.15) is 17.1 Å². The highest BCUT2D eigenvalue weighted by molar-refractivity contribution is 7.17. The first-order valence-electron chi connectivity index (χ1n) is 9.70. The van der Waals surface area contributed by atoms with Crippen LogP contribution in [-0.2, 0) is 16.1 Å². The van der Waals surface area contributed by atoms with E-state index in [-0.39, 0.29) is 17.5 Å². The van der Waals surface area contributed by atoms with Crippen LogP contribution in [0, 0.1) is 0 Å². The van der Waals surface area contributed by atoms with Crippen LogP contribution in [0.4, 0.5) is 5.69 Å². The maximum atomic E-state index is 12.9. The molecule has 0 saturated heterocycles. The highest BCUT2D eigenvalue weighted by atomic mass is 32.1. The summed E-state index contributed by atoms with van der Waals surface area (Å²) in [6, 6.07) is 7.05. The molecule has 0 saturated carbocycles. The summed E-state index contributed by atoms with van der Waals surface area (Å²) in [5, 5.41) is 4.48. The standard InChI is InChI=1S/C21H23N3O5S/c1-3-5-10-29-21(27)14-12-30-19-18(14)20(26)24(13-22-19)11-17(25)23-15-8-6-7-9-16(15)28-4-2/h6-9,12-13H,3-5,10-11H2,1-2H3,(H,23,25). The molecule has 1 aromatic carbocycles. The van der Waals surface area contributed by atoms with E-state index in [9.17, 15) is 14.4 Å². The lowest BCUT2D eigenvalue weighted by Gasteiger charge is -2.12. The Kier molecular flexibility index (Phi) is 7.18. The Bertz CT molecular complexity index is 1110. The van der Waals surface area contributed by atoms with Gasteiger partial charge < -0.3 is 14.8 Å². The maximum absolute atomic E-state index is 12.9. The average molecular weight is 429 g/mol. The van der Waals surface area contributed by atoms with Crippen molar-refractivity contribution < 1.29 is 19.1 Å². The van der Waals surface area contributed by atoms with E-state index < -0.39 is 17.4 Å². The number of hydrogen-bond donors (Lipinski definition) is 1. The zero-order valence-corrected chi connectivity index (χ0v) is 17.7. The van der Waals surface area contributed by atoms with Gasteiger partial charge in [-0.3, -0.25) is 14.2 Å². The second-order valence-corrected chi connectivity index (χ2v) is 7.33. The number of ether oxygens (including phenoxy) is 2. The van der Waals surface area contributed by atoms with Gasteiger partial charge in [0.05, 0.1) is 36.2 Å². The topological polar surface area (TPSA) is 99.5 Å². The number of benzene rings is 1. The summed E-state index contributed by atoms with van der Waals surface area (Å²) in [4.78, 5) is 42.4. The predicted octanol–water partition coefficient (Wildman–Crippen LogP) is 3.45. The number of hydrogen-bond acceptors (Lipinski definition) is 7. The number of carbonyl (C=O) groups excluding carboxylic acids is 2. The summed E-state index contributed by atoms with van der Waals surface area (Å²) in [6.45, 7) is 4.35. The van der Waals surface area contributed by atoms with Crippen LogP contribution in [0.15, 0.2) is 40.8 Å². The van der Waals surface area contributed by atoms with Crippen LogP contribution in [0.3, 0.4) is 0 Å². The summed E-state index contributed by atoms with van der Waals surface area (Å²) < 4.78 is 11.9. The van der Waals surface area contributed by atoms with Gasteiger partial charge in [-0.1, -0.05) is 25.5 Å². The monoisotopic (exact) mass is 429 g/mol. The van der Waals surface area contributed by atoms with Crippen molar-refractivity contribution in [1.29, 1.82) is 0 Å². The third-order valence-electron chi connectivity index (χ3n) is 4.29. The third-order valence-corrected chi connectivity index (χ3v) is 5.17. The number of para-hydroxylation sites is 2. The highest BCUT2D eigenvalue weighted by Gasteiger charge is 2.19. The molecule has 158 valence electrons. The van der Waals surface area contributed by atoms with Crippen molar-refractivity contribution in [2.75, 3.05) is 18.5 Å². The molecule has 0 aliphatic carbocycles. The molecule has 3 aromatic rings. The molecule has 9 heteroatoms. The Labute approximate surface area is 177 Å². The minimum Gasteiger partial charge on any atom is -0.492 e. The number of thiophene rings is 1. The van der Waals surface area contributed by atoms with Gasteiger partial charge in [0, 0.05) is 5.38 Å². The molecule has 0 aliphatic rings. The number of aromatic nitrogens is 2. The second-order valence-electron chi connectivity index (χ2n) is 6.47. The van der Waals surface area contributed by atoms with Crippen molar-refractivity contribution in [3.63, 3.8) is 0 Å². The van der Waals surface area contributed by atoms with Gasteiger partial charge >= 0.3 is 5.97 Å². The molecule has 0 atom stereocenters. The van der Waals surface area contributed by atoms with Crippen molar-refractivity contribution in [2.45, 2.75) is 33.2 Å². The Morgan fingerprint density at radius 3 is 2.80 bits per heavy atom. The van der Waals surface area contributed by atoms with E-state index in [4.69, 9.17) is 9.47 Å². The van der Waals surface area contributed by atoms with Gasteiger partial charge in [-0.25, -0.2) is 9.78 Å². The number of rotatable bonds is 9. The van der Waals surface area contributed by atoms with E-state index in [1.807, 2.05) is 13.8 Å². The molecular formula is C21H23N3O5S. The van der Waals surface area contributed by atoms with Crippen molar-refractivity contribution in [3.05, 3.63) is 51.9 Å². The fraction of sp³-hybridized carbons (Fsp3) is 0.333. The number of nitrogens with one attached hydrogen (secondary N) is 1. The van der Waals surface area contributed by atoms with E-state index in [2.05, 4.69) is 10.3 Å². The van der Waals surface area contributed by atoms with Crippen LogP contribution < -0.4 is 15.6 Å². The van der Waals surface area contributed by atoms with Crippen LogP contribution >= 0.6 is 11.3 Å². The largest absolute Gasteiger partial charge is 0.492 e. The Hall–Kier alpha value is -3.20. The fourth-order valence-electron chi connectivity index (χ4n) is 2.81. The molecule has 1 N–H and O–H groups in total. The quantitative estimate of drug-likeness (QED) is 0.413. The second kappa shape index (κ2) is 10.0. The van der Waals surface area contributed by atoms with Gasteiger partial charge in [0.15, 0.2) is 0 Å². The van der Waals surface area contributed by atoms with Crippen molar-refractivity contribution in [2.24, 2.45) is 0 Å². The smallest absolute Gasteiger partial charge is 0.339 e. The van der Waals surface area contributed by atoms with Crippen LogP contribution in [0.1, 0.15) is 37.0 Å². The summed E-state index contributed by atoms with van der Waals surface area (Å²) in [5.41, 5.74) is 0.235. The Balaban J connectivity index is 1.81. The van der Waals surface area contributed by atoms with E-state index in [0.717, 1.165) is 12.8 Å². The Morgan fingerprint density at radius 2 is 2.03 bits per heavy atom. The lowest BCUT2D eigenvalue weighted by atomic mass is 10.2. The summed E-state index contributed by atoms with van der Waals surface area (Å²) in [7, 11) is 0. The van der Waals surface area contributed by atoms with E-state index >= 15 is 0 Å². The van der Waals surface area contributed by atoms with Gasteiger partial charge in [-0.15, -0.1) is 11.3 Å². The molecule has 2 aromatic heterocycles. The molecular weight excluding hydrogens is 406 g/mol. The van der Waals surface area contributed by atoms with Crippen LogP contribution in [0.5, 0.6) is 5.75 Å². The number of fused-ring (bicyclic) bond motifs is 1. The number of carbonyl (C=O) groups is 2. The zero-order valence-electron chi connectivity index (χ0n) is 16.8. The Morgan fingerprint density at radius 1 is 1.23 bits per heavy atom. The van der Waals surface area contributed by atoms with Gasteiger partial charge in [-0.05, 0) is 25.5 Å². The van der Waals surface area contributed by atoms with Crippen molar-refractivity contribution in [3.8, 4) is 5.75 Å². The number of anilines is 1. The van der Waals surface area contributed by atoms with Crippen molar-refractivity contribution >= 4 is 39.1 Å². The summed E-state index contributed by atoms with van der Waals surface area (Å²) >= 11 is 1.19. The van der Waals surface area contributed by atoms with Gasteiger partial charge in [-0.2, -0.15) is 0 Å². The number of amides is 1. The van der Waals surface area contributed by atoms with E-state index in [1.165, 1.54) is 22.2 Å². The normalized spacial score (nSPS) is 10.7. The first kappa shape index (κ1) is 21.5. The van der Waals surface area contributed by atoms with Crippen LogP contribution in [0.2, 0.25) is 0 Å². The maximum Gasteiger partial charge on any atom is 0.339 e. The molecule has 0 spiro atoms. The average Bonchev–Trinajstić information content (AvgIpc) is 3.17. The lowest BCUT2D eigenvalue weighted by Crippen LogP contribution is -2.28. The SMILES string of the molecule is CCCCOC(=O)c1csc2ncn(CC(=O)Nc3ccccc3OCC)c(=O)c12. The summed E-state index contributed by atoms with van der Waals surface area (Å²) in [6.07, 6.45) is 2.95. The highest BCUT2D eigenvalue weighted by Crippen LogP contribution is 2.24. The molecule has 30 heavy (non-hydrogen) atoms. The molecule has 0 aliphatic heterocycles. The fourth-order valence-corrected chi connectivity index (χ4v) is 3.68. The third kappa shape index (κ3) is 4.85. The molecule has 0 unspecified atom stereocenters. The minimum absolute atomic E-state index is 0.173. The minimum atomic E-state index is -0.554. The van der Waals surface area contributed by atoms with E-state index in [1.54, 1.807) is 29.6 Å². The van der Waals surface area contributed by atoms with Crippen LogP contribution in [-0.4, -0.2) is 34.6 Å². The zero-order chi connectivity index (χ0) is 21.5. The molecule has 3 rings (SSSR count). The summed E-state index contributed by atoms with van der Waals surface area (Å²) in [5.74, 6) is -0.418. The number of nitrogens with zero attached hydrogens (tertiary/aromatic N) is 2. The van der Waals surface area contributed by atoms with E-state index in [0.29, 0.717) is 29.5 Å². The van der Waals surface area contributed by atoms with Crippen molar-refractivity contribution in [1.82, 2.24) is 9.55 Å². The molecule has 0 bridgehead atoms. The number of esters is 1. The molecule has 1 amide bonds. The molecule has 8 nitrogen and oxygen atoms in total. The first-order valence-corrected chi connectivity index (χ1v) is 10.6. The van der Waals surface area contributed by atoms with Gasteiger partial charge in [0.25, 0.3) is 5.56 Å². The first-order chi connectivity index (χ1) is 14.5. The predicted molar refractivity (Wildman–Crippen MR) is 115 cm³/mol. The van der Waals surface area contributed by atoms with Gasteiger partial charge in [0.2, 0.25) is 5.91 Å². The molecule has 0 fully saturated rings. The molecule has 0 radical (unpaired) electrons. The molecule has 2 heterocycles. The van der Waals surface area contributed by atoms with Crippen LogP contribution in [0.25, 0.3) is 10.2 Å². The number of unbranched alkanes of at least 4 members (excludes halogenated alkanes) is 1. The lowest BCUT2D eigenvalue weighted by molar-refractivity contribution is -0.116.